The van der Waals surface area contributed by atoms with E-state index in [2.05, 4.69) is 36.2 Å². The van der Waals surface area contributed by atoms with Crippen molar-refractivity contribution in [1.82, 2.24) is 5.32 Å². The van der Waals surface area contributed by atoms with Crippen LogP contribution in [0.5, 0.6) is 0 Å². The largest absolute Gasteiger partial charge is 0.368 e. The predicted octanol–water partition coefficient (Wildman–Crippen LogP) is 2.77. The average molecular weight is 239 g/mol. The molecule has 2 unspecified atom stereocenters. The highest BCUT2D eigenvalue weighted by molar-refractivity contribution is 6.33. The van der Waals surface area contributed by atoms with Crippen molar-refractivity contribution in [3.63, 3.8) is 0 Å². The van der Waals surface area contributed by atoms with Crippen LogP contribution in [0.25, 0.3) is 0 Å². The van der Waals surface area contributed by atoms with Crippen LogP contribution >= 0.6 is 11.6 Å². The Hall–Kier alpha value is -0.730. The fourth-order valence-corrected chi connectivity index (χ4v) is 2.47. The molecule has 1 aromatic carbocycles. The number of nitrogens with one attached hydrogen (secondary N) is 1. The minimum Gasteiger partial charge on any atom is -0.368 e. The highest BCUT2D eigenvalue weighted by Crippen LogP contribution is 2.26. The van der Waals surface area contributed by atoms with E-state index in [1.54, 1.807) is 0 Å². The first-order chi connectivity index (χ1) is 7.66. The summed E-state index contributed by atoms with van der Waals surface area (Å²) in [4.78, 5) is 2.39. The van der Waals surface area contributed by atoms with Gasteiger partial charge < -0.3 is 10.2 Å². The summed E-state index contributed by atoms with van der Waals surface area (Å²) in [6.45, 7) is 7.67. The van der Waals surface area contributed by atoms with Gasteiger partial charge in [0.15, 0.2) is 0 Å². The van der Waals surface area contributed by atoms with Crippen LogP contribution in [0.2, 0.25) is 5.02 Å². The monoisotopic (exact) mass is 238 g/mol. The molecule has 1 N–H and O–H groups in total. The van der Waals surface area contributed by atoms with E-state index in [0.29, 0.717) is 12.0 Å². The van der Waals surface area contributed by atoms with E-state index in [1.165, 1.54) is 0 Å². The molecule has 2 atom stereocenters. The molecular formula is C13H19ClN2. The van der Waals surface area contributed by atoms with Crippen LogP contribution < -0.4 is 10.2 Å². The third-order valence-electron chi connectivity index (χ3n) is 3.03. The molecule has 1 saturated heterocycles. The Labute approximate surface area is 103 Å². The number of rotatable bonds is 1. The van der Waals surface area contributed by atoms with E-state index in [9.17, 15) is 0 Å². The Bertz CT molecular complexity index is 342. The van der Waals surface area contributed by atoms with Gasteiger partial charge in [-0.2, -0.15) is 0 Å². The summed E-state index contributed by atoms with van der Waals surface area (Å²) < 4.78 is 0. The molecule has 2 nitrogen and oxygen atoms in total. The van der Waals surface area contributed by atoms with Crippen LogP contribution in [0, 0.1) is 5.92 Å². The molecule has 1 aliphatic rings. The molecule has 3 heteroatoms. The topological polar surface area (TPSA) is 15.3 Å². The smallest absolute Gasteiger partial charge is 0.0639 e. The van der Waals surface area contributed by atoms with E-state index in [0.717, 1.165) is 30.3 Å². The lowest BCUT2D eigenvalue weighted by molar-refractivity contribution is 0.525. The summed E-state index contributed by atoms with van der Waals surface area (Å²) >= 11 is 6.24. The highest BCUT2D eigenvalue weighted by atomic mass is 35.5. The van der Waals surface area contributed by atoms with E-state index in [1.807, 2.05) is 12.1 Å². The molecule has 0 spiro atoms. The molecule has 1 aliphatic heterocycles. The molecule has 1 aromatic rings. The number of hydrogen-bond acceptors (Lipinski definition) is 2. The van der Waals surface area contributed by atoms with Crippen LogP contribution in [0.4, 0.5) is 5.69 Å². The van der Waals surface area contributed by atoms with Gasteiger partial charge >= 0.3 is 0 Å². The van der Waals surface area contributed by atoms with Gasteiger partial charge in [-0.1, -0.05) is 30.7 Å². The molecule has 0 saturated carbocycles. The zero-order valence-electron chi connectivity index (χ0n) is 9.91. The van der Waals surface area contributed by atoms with Gasteiger partial charge in [-0.3, -0.25) is 0 Å². The third kappa shape index (κ3) is 2.69. The van der Waals surface area contributed by atoms with Gasteiger partial charge in [-0.05, 0) is 31.5 Å². The number of anilines is 1. The van der Waals surface area contributed by atoms with Crippen molar-refractivity contribution in [2.45, 2.75) is 19.9 Å². The Balaban J connectivity index is 2.21. The van der Waals surface area contributed by atoms with Crippen LogP contribution in [-0.2, 0) is 0 Å². The summed E-state index contributed by atoms with van der Waals surface area (Å²) in [5.74, 6) is 0.654. The first-order valence-electron chi connectivity index (χ1n) is 5.89. The lowest BCUT2D eigenvalue weighted by atomic mass is 10.1. The number of benzene rings is 1. The quantitative estimate of drug-likeness (QED) is 0.810. The Morgan fingerprint density at radius 1 is 1.25 bits per heavy atom. The van der Waals surface area contributed by atoms with Crippen LogP contribution in [-0.4, -0.2) is 25.7 Å². The van der Waals surface area contributed by atoms with Gasteiger partial charge in [0.2, 0.25) is 0 Å². The summed E-state index contributed by atoms with van der Waals surface area (Å²) in [6, 6.07) is 8.61. The van der Waals surface area contributed by atoms with Crippen LogP contribution in [0.1, 0.15) is 13.8 Å². The molecule has 0 aliphatic carbocycles. The van der Waals surface area contributed by atoms with Gasteiger partial charge in [0.25, 0.3) is 0 Å². The molecule has 2 rings (SSSR count). The van der Waals surface area contributed by atoms with Crippen molar-refractivity contribution < 1.29 is 0 Å². The second kappa shape index (κ2) is 5.07. The van der Waals surface area contributed by atoms with E-state index in [4.69, 9.17) is 11.6 Å². The number of nitrogens with zero attached hydrogens (tertiary/aromatic N) is 1. The summed E-state index contributed by atoms with van der Waals surface area (Å²) in [6.07, 6.45) is 0. The SMILES string of the molecule is CC1CNC(C)CN(c2ccccc2Cl)C1. The normalized spacial score (nSPS) is 26.6. The van der Waals surface area contributed by atoms with Crippen LogP contribution in [0.3, 0.4) is 0 Å². The van der Waals surface area contributed by atoms with Crippen molar-refractivity contribution in [1.29, 1.82) is 0 Å². The fraction of sp³-hybridized carbons (Fsp3) is 0.538. The van der Waals surface area contributed by atoms with Gasteiger partial charge in [0, 0.05) is 19.1 Å². The summed E-state index contributed by atoms with van der Waals surface area (Å²) in [5.41, 5.74) is 1.16. The highest BCUT2D eigenvalue weighted by Gasteiger charge is 2.20. The average Bonchev–Trinajstić information content (AvgIpc) is 2.41. The lowest BCUT2D eigenvalue weighted by Gasteiger charge is -2.27. The summed E-state index contributed by atoms with van der Waals surface area (Å²) in [5, 5.41) is 4.38. The molecule has 0 amide bonds. The standard InChI is InChI=1S/C13H19ClN2/c1-10-7-15-11(2)9-16(8-10)13-6-4-3-5-12(13)14/h3-6,10-11,15H,7-9H2,1-2H3. The van der Waals surface area contributed by atoms with Crippen LogP contribution in [0.15, 0.2) is 24.3 Å². The Morgan fingerprint density at radius 2 is 2.00 bits per heavy atom. The molecule has 0 bridgehead atoms. The Morgan fingerprint density at radius 3 is 2.75 bits per heavy atom. The molecule has 1 heterocycles. The van der Waals surface area contributed by atoms with Gasteiger partial charge in [-0.25, -0.2) is 0 Å². The zero-order chi connectivity index (χ0) is 11.5. The maximum Gasteiger partial charge on any atom is 0.0639 e. The van der Waals surface area contributed by atoms with E-state index < -0.39 is 0 Å². The van der Waals surface area contributed by atoms with E-state index in [-0.39, 0.29) is 0 Å². The predicted molar refractivity (Wildman–Crippen MR) is 70.3 cm³/mol. The zero-order valence-corrected chi connectivity index (χ0v) is 10.7. The first-order valence-corrected chi connectivity index (χ1v) is 6.27. The minimum atomic E-state index is 0.515. The fourth-order valence-electron chi connectivity index (χ4n) is 2.22. The maximum atomic E-state index is 6.24. The first kappa shape index (κ1) is 11.7. The summed E-state index contributed by atoms with van der Waals surface area (Å²) in [7, 11) is 0. The van der Waals surface area contributed by atoms with Crippen molar-refractivity contribution >= 4 is 17.3 Å². The van der Waals surface area contributed by atoms with Crippen molar-refractivity contribution in [2.75, 3.05) is 24.5 Å². The molecule has 88 valence electrons. The molecular weight excluding hydrogens is 220 g/mol. The number of para-hydroxylation sites is 1. The lowest BCUT2D eigenvalue weighted by Crippen LogP contribution is -2.35. The second-order valence-corrected chi connectivity index (χ2v) is 5.18. The van der Waals surface area contributed by atoms with Crippen molar-refractivity contribution in [3.05, 3.63) is 29.3 Å². The Kier molecular flexibility index (Phi) is 3.72. The number of hydrogen-bond donors (Lipinski definition) is 1. The molecule has 16 heavy (non-hydrogen) atoms. The van der Waals surface area contributed by atoms with E-state index >= 15 is 0 Å². The second-order valence-electron chi connectivity index (χ2n) is 4.77. The number of halogens is 1. The maximum absolute atomic E-state index is 6.24. The van der Waals surface area contributed by atoms with Crippen molar-refractivity contribution in [3.8, 4) is 0 Å². The molecule has 0 aromatic heterocycles. The molecule has 0 radical (unpaired) electrons. The van der Waals surface area contributed by atoms with Gasteiger partial charge in [0.1, 0.15) is 0 Å². The third-order valence-corrected chi connectivity index (χ3v) is 3.35. The van der Waals surface area contributed by atoms with Gasteiger partial charge in [-0.15, -0.1) is 0 Å². The minimum absolute atomic E-state index is 0.515. The van der Waals surface area contributed by atoms with Crippen molar-refractivity contribution in [2.24, 2.45) is 5.92 Å². The molecule has 1 fully saturated rings. The van der Waals surface area contributed by atoms with Gasteiger partial charge in [0.05, 0.1) is 10.7 Å².